The maximum Gasteiger partial charge on any atom is 0.258 e. The van der Waals surface area contributed by atoms with Crippen molar-refractivity contribution in [1.82, 2.24) is 10.5 Å². The van der Waals surface area contributed by atoms with Gasteiger partial charge in [-0.15, -0.1) is 0 Å². The van der Waals surface area contributed by atoms with Crippen LogP contribution in [0.3, 0.4) is 0 Å². The topological polar surface area (TPSA) is 74.2 Å². The molecule has 19 heavy (non-hydrogen) atoms. The number of nitrogens with one attached hydrogen (secondary N) is 1. The van der Waals surface area contributed by atoms with Crippen LogP contribution in [0.2, 0.25) is 0 Å². The first-order chi connectivity index (χ1) is 9.06. The number of nitrogens with zero attached hydrogens (tertiary/aromatic N) is 2. The van der Waals surface area contributed by atoms with Crippen molar-refractivity contribution in [3.8, 4) is 5.75 Å². The van der Waals surface area contributed by atoms with Gasteiger partial charge in [-0.1, -0.05) is 12.1 Å². The van der Waals surface area contributed by atoms with E-state index in [4.69, 9.17) is 9.94 Å². The van der Waals surface area contributed by atoms with E-state index in [1.165, 1.54) is 5.01 Å². The summed E-state index contributed by atoms with van der Waals surface area (Å²) < 4.78 is 5.08. The summed E-state index contributed by atoms with van der Waals surface area (Å²) >= 11 is 0. The Kier molecular flexibility index (Phi) is 5.98. The van der Waals surface area contributed by atoms with Crippen LogP contribution < -0.4 is 10.2 Å². The van der Waals surface area contributed by atoms with Gasteiger partial charge in [-0.3, -0.25) is 4.79 Å². The smallest absolute Gasteiger partial charge is 0.258 e. The van der Waals surface area contributed by atoms with Crippen LogP contribution in [-0.2, 0) is 11.2 Å². The lowest BCUT2D eigenvalue weighted by atomic mass is 10.1. The SMILES string of the molecule is COc1ccc(C/C(C)=N\N(C)C(=O)CNO)cc1. The average molecular weight is 265 g/mol. The Bertz CT molecular complexity index is 443. The first kappa shape index (κ1) is 15.1. The van der Waals surface area contributed by atoms with E-state index in [2.05, 4.69) is 5.10 Å². The zero-order chi connectivity index (χ0) is 14.3. The molecule has 0 radical (unpaired) electrons. The molecule has 2 N–H and O–H groups in total. The maximum absolute atomic E-state index is 11.4. The summed E-state index contributed by atoms with van der Waals surface area (Å²) in [5.41, 5.74) is 3.70. The Morgan fingerprint density at radius 3 is 2.58 bits per heavy atom. The summed E-state index contributed by atoms with van der Waals surface area (Å²) in [6, 6.07) is 7.67. The fourth-order valence-corrected chi connectivity index (χ4v) is 1.57. The van der Waals surface area contributed by atoms with Crippen LogP contribution in [0, 0.1) is 0 Å². The number of carbonyl (C=O) groups excluding carboxylic acids is 1. The van der Waals surface area contributed by atoms with Gasteiger partial charge in [0.25, 0.3) is 5.91 Å². The van der Waals surface area contributed by atoms with Crippen molar-refractivity contribution >= 4 is 11.6 Å². The molecular formula is C13H19N3O3. The highest BCUT2D eigenvalue weighted by atomic mass is 16.5. The Morgan fingerprint density at radius 2 is 2.05 bits per heavy atom. The van der Waals surface area contributed by atoms with Crippen LogP contribution in [0.25, 0.3) is 0 Å². The fourth-order valence-electron chi connectivity index (χ4n) is 1.57. The van der Waals surface area contributed by atoms with Gasteiger partial charge >= 0.3 is 0 Å². The first-order valence-corrected chi connectivity index (χ1v) is 5.87. The van der Waals surface area contributed by atoms with Crippen molar-refractivity contribution in [3.63, 3.8) is 0 Å². The number of benzene rings is 1. The summed E-state index contributed by atoms with van der Waals surface area (Å²) in [6.45, 7) is 1.69. The minimum Gasteiger partial charge on any atom is -0.497 e. The summed E-state index contributed by atoms with van der Waals surface area (Å²) in [5, 5.41) is 13.8. The van der Waals surface area contributed by atoms with Crippen molar-refractivity contribution in [2.75, 3.05) is 20.7 Å². The van der Waals surface area contributed by atoms with Gasteiger partial charge < -0.3 is 9.94 Å². The second-order valence-corrected chi connectivity index (χ2v) is 4.11. The third kappa shape index (κ3) is 5.07. The summed E-state index contributed by atoms with van der Waals surface area (Å²) in [7, 11) is 3.18. The molecule has 1 amide bonds. The molecule has 1 aromatic carbocycles. The number of carbonyl (C=O) groups is 1. The monoisotopic (exact) mass is 265 g/mol. The van der Waals surface area contributed by atoms with Crippen molar-refractivity contribution in [1.29, 1.82) is 0 Å². The minimum atomic E-state index is -0.309. The van der Waals surface area contributed by atoms with E-state index < -0.39 is 0 Å². The molecule has 0 bridgehead atoms. The Balaban J connectivity index is 2.62. The lowest BCUT2D eigenvalue weighted by Gasteiger charge is -2.12. The Hall–Kier alpha value is -1.92. The number of methoxy groups -OCH3 is 1. The molecule has 0 fully saturated rings. The van der Waals surface area contributed by atoms with Crippen LogP contribution in [0.5, 0.6) is 5.75 Å². The van der Waals surface area contributed by atoms with Gasteiger partial charge in [-0.2, -0.15) is 10.6 Å². The number of hydroxylamine groups is 1. The fraction of sp³-hybridized carbons (Fsp3) is 0.385. The molecule has 0 saturated carbocycles. The van der Waals surface area contributed by atoms with Gasteiger partial charge in [0.2, 0.25) is 0 Å². The number of hydrazone groups is 1. The molecule has 0 aliphatic heterocycles. The molecule has 0 aliphatic carbocycles. The zero-order valence-corrected chi connectivity index (χ0v) is 11.4. The molecule has 6 nitrogen and oxygen atoms in total. The quantitative estimate of drug-likeness (QED) is 0.595. The third-order valence-electron chi connectivity index (χ3n) is 2.53. The van der Waals surface area contributed by atoms with Crippen molar-refractivity contribution in [3.05, 3.63) is 29.8 Å². The highest BCUT2D eigenvalue weighted by molar-refractivity contribution is 5.86. The van der Waals surface area contributed by atoms with E-state index in [9.17, 15) is 4.79 Å². The van der Waals surface area contributed by atoms with E-state index in [1.54, 1.807) is 14.2 Å². The molecule has 1 aromatic rings. The van der Waals surface area contributed by atoms with Crippen LogP contribution >= 0.6 is 0 Å². The summed E-state index contributed by atoms with van der Waals surface area (Å²) in [4.78, 5) is 11.4. The van der Waals surface area contributed by atoms with Crippen LogP contribution in [-0.4, -0.2) is 42.5 Å². The second kappa shape index (κ2) is 7.50. The van der Waals surface area contributed by atoms with Crippen molar-refractivity contribution < 1.29 is 14.7 Å². The number of amides is 1. The van der Waals surface area contributed by atoms with E-state index in [0.717, 1.165) is 17.0 Å². The molecule has 0 atom stereocenters. The predicted molar refractivity (Wildman–Crippen MR) is 72.4 cm³/mol. The van der Waals surface area contributed by atoms with Gasteiger partial charge in [0, 0.05) is 19.2 Å². The summed E-state index contributed by atoms with van der Waals surface area (Å²) in [5.74, 6) is 0.497. The molecule has 104 valence electrons. The van der Waals surface area contributed by atoms with Crippen LogP contribution in [0.15, 0.2) is 29.4 Å². The number of hydrogen-bond donors (Lipinski definition) is 2. The standard InChI is InChI=1S/C13H19N3O3/c1-10(15-16(2)13(17)9-14-18)8-11-4-6-12(19-3)7-5-11/h4-7,14,18H,8-9H2,1-3H3/b15-10-. The first-order valence-electron chi connectivity index (χ1n) is 5.87. The normalized spacial score (nSPS) is 11.3. The number of rotatable bonds is 6. The number of hydrogen-bond acceptors (Lipinski definition) is 5. The molecule has 1 rings (SSSR count). The zero-order valence-electron chi connectivity index (χ0n) is 11.4. The molecule has 0 saturated heterocycles. The van der Waals surface area contributed by atoms with E-state index in [1.807, 2.05) is 36.7 Å². The lowest BCUT2D eigenvalue weighted by molar-refractivity contribution is -0.130. The van der Waals surface area contributed by atoms with Gasteiger partial charge in [-0.25, -0.2) is 5.01 Å². The number of ether oxygens (including phenoxy) is 1. The largest absolute Gasteiger partial charge is 0.497 e. The molecular weight excluding hydrogens is 246 g/mol. The van der Waals surface area contributed by atoms with Crippen LogP contribution in [0.1, 0.15) is 12.5 Å². The lowest BCUT2D eigenvalue weighted by Crippen LogP contribution is -2.31. The van der Waals surface area contributed by atoms with E-state index in [0.29, 0.717) is 6.42 Å². The number of likely N-dealkylation sites (N-methyl/N-ethyl adjacent to an activating group) is 1. The van der Waals surface area contributed by atoms with Gasteiger partial charge in [0.15, 0.2) is 0 Å². The highest BCUT2D eigenvalue weighted by Crippen LogP contribution is 2.12. The molecule has 0 unspecified atom stereocenters. The highest BCUT2D eigenvalue weighted by Gasteiger charge is 2.07. The Labute approximate surface area is 112 Å². The van der Waals surface area contributed by atoms with Gasteiger partial charge in [0.1, 0.15) is 12.3 Å². The van der Waals surface area contributed by atoms with Gasteiger partial charge in [-0.05, 0) is 24.6 Å². The van der Waals surface area contributed by atoms with E-state index >= 15 is 0 Å². The van der Waals surface area contributed by atoms with Crippen molar-refractivity contribution in [2.24, 2.45) is 5.10 Å². The van der Waals surface area contributed by atoms with E-state index in [-0.39, 0.29) is 12.5 Å². The molecule has 6 heteroatoms. The van der Waals surface area contributed by atoms with Crippen molar-refractivity contribution in [2.45, 2.75) is 13.3 Å². The minimum absolute atomic E-state index is 0.157. The predicted octanol–water partition coefficient (Wildman–Crippen LogP) is 1.05. The molecule has 0 heterocycles. The second-order valence-electron chi connectivity index (χ2n) is 4.11. The van der Waals surface area contributed by atoms with Crippen LogP contribution in [0.4, 0.5) is 0 Å². The Morgan fingerprint density at radius 1 is 1.42 bits per heavy atom. The van der Waals surface area contributed by atoms with Gasteiger partial charge in [0.05, 0.1) is 7.11 Å². The molecule has 0 aromatic heterocycles. The maximum atomic E-state index is 11.4. The average Bonchev–Trinajstić information content (AvgIpc) is 2.39. The summed E-state index contributed by atoms with van der Waals surface area (Å²) in [6.07, 6.45) is 0.647. The molecule has 0 aliphatic rings. The third-order valence-corrected chi connectivity index (χ3v) is 2.53. The molecule has 0 spiro atoms.